The lowest BCUT2D eigenvalue weighted by atomic mass is 10.1. The lowest BCUT2D eigenvalue weighted by Crippen LogP contribution is -2.19. The fourth-order valence-electron chi connectivity index (χ4n) is 2.91. The van der Waals surface area contributed by atoms with Gasteiger partial charge in [0.1, 0.15) is 0 Å². The zero-order valence-electron chi connectivity index (χ0n) is 10.9. The van der Waals surface area contributed by atoms with Gasteiger partial charge in [-0.25, -0.2) is 0 Å². The van der Waals surface area contributed by atoms with E-state index in [-0.39, 0.29) is 6.79 Å². The van der Waals surface area contributed by atoms with Crippen LogP contribution in [0.15, 0.2) is 36.4 Å². The second-order valence-electron chi connectivity index (χ2n) is 5.20. The molecular weight excluding hydrogens is 274 g/mol. The third-order valence-corrected chi connectivity index (χ3v) is 4.19. The maximum Gasteiger partial charge on any atom is 0.231 e. The van der Waals surface area contributed by atoms with E-state index >= 15 is 0 Å². The molecule has 0 aromatic heterocycles. The number of nitrogens with one attached hydrogen (secondary N) is 1. The topological polar surface area (TPSA) is 30.5 Å². The summed E-state index contributed by atoms with van der Waals surface area (Å²) in [5.74, 6) is 1.47. The molecule has 0 spiro atoms. The first-order chi connectivity index (χ1) is 9.79. The van der Waals surface area contributed by atoms with Gasteiger partial charge in [0.25, 0.3) is 0 Å². The first kappa shape index (κ1) is 11.9. The lowest BCUT2D eigenvalue weighted by molar-refractivity contribution is 0.174. The van der Waals surface area contributed by atoms with Gasteiger partial charge in [-0.15, -0.1) is 0 Å². The molecule has 1 aliphatic heterocycles. The predicted molar refractivity (Wildman–Crippen MR) is 78.8 cm³/mol. The summed E-state index contributed by atoms with van der Waals surface area (Å²) in [5, 5.41) is 4.19. The fourth-order valence-corrected chi connectivity index (χ4v) is 3.12. The summed E-state index contributed by atoms with van der Waals surface area (Å²) in [4.78, 5) is 0. The number of anilines is 1. The van der Waals surface area contributed by atoms with Crippen molar-refractivity contribution < 1.29 is 9.47 Å². The Morgan fingerprint density at radius 2 is 1.65 bits per heavy atom. The van der Waals surface area contributed by atoms with Gasteiger partial charge in [0.15, 0.2) is 11.5 Å². The molecular formula is C16H14ClNO2. The van der Waals surface area contributed by atoms with Gasteiger partial charge in [-0.2, -0.15) is 0 Å². The smallest absolute Gasteiger partial charge is 0.231 e. The first-order valence-corrected chi connectivity index (χ1v) is 7.10. The zero-order chi connectivity index (χ0) is 13.5. The first-order valence-electron chi connectivity index (χ1n) is 6.72. The minimum Gasteiger partial charge on any atom is -0.454 e. The summed E-state index contributed by atoms with van der Waals surface area (Å²) >= 11 is 6.30. The average Bonchev–Trinajstić information content (AvgIpc) is 3.04. The van der Waals surface area contributed by atoms with Crippen LogP contribution in [0.1, 0.15) is 11.1 Å². The molecule has 102 valence electrons. The molecule has 0 amide bonds. The molecule has 2 aliphatic rings. The van der Waals surface area contributed by atoms with Crippen LogP contribution in [0.4, 0.5) is 5.69 Å². The van der Waals surface area contributed by atoms with E-state index in [1.54, 1.807) is 0 Å². The van der Waals surface area contributed by atoms with E-state index in [0.29, 0.717) is 11.1 Å². The Balaban J connectivity index is 1.56. The Morgan fingerprint density at radius 3 is 2.35 bits per heavy atom. The summed E-state index contributed by atoms with van der Waals surface area (Å²) in [5.41, 5.74) is 3.75. The SMILES string of the molecule is Clc1cc2c(cc1NC1Cc3ccccc3C1)OCO2. The molecule has 1 heterocycles. The van der Waals surface area contributed by atoms with Crippen molar-refractivity contribution in [2.24, 2.45) is 0 Å². The van der Waals surface area contributed by atoms with Crippen molar-refractivity contribution in [1.29, 1.82) is 0 Å². The van der Waals surface area contributed by atoms with Crippen molar-refractivity contribution in [2.45, 2.75) is 18.9 Å². The fraction of sp³-hybridized carbons (Fsp3) is 0.250. The molecule has 0 bridgehead atoms. The molecule has 20 heavy (non-hydrogen) atoms. The van der Waals surface area contributed by atoms with Gasteiger partial charge in [0.2, 0.25) is 6.79 Å². The van der Waals surface area contributed by atoms with Crippen LogP contribution in [0.25, 0.3) is 0 Å². The van der Waals surface area contributed by atoms with Crippen LogP contribution >= 0.6 is 11.6 Å². The number of benzene rings is 2. The number of hydrogen-bond acceptors (Lipinski definition) is 3. The molecule has 0 saturated carbocycles. The molecule has 0 radical (unpaired) electrons. The quantitative estimate of drug-likeness (QED) is 0.914. The summed E-state index contributed by atoms with van der Waals surface area (Å²) in [6, 6.07) is 12.7. The Hall–Kier alpha value is -1.87. The van der Waals surface area contributed by atoms with Crippen LogP contribution in [-0.4, -0.2) is 12.8 Å². The number of hydrogen-bond donors (Lipinski definition) is 1. The third kappa shape index (κ3) is 1.98. The molecule has 0 saturated heterocycles. The van der Waals surface area contributed by atoms with Gasteiger partial charge in [0, 0.05) is 18.2 Å². The highest BCUT2D eigenvalue weighted by molar-refractivity contribution is 6.33. The van der Waals surface area contributed by atoms with Gasteiger partial charge < -0.3 is 14.8 Å². The number of rotatable bonds is 2. The molecule has 2 aromatic rings. The van der Waals surface area contributed by atoms with Crippen LogP contribution in [0.3, 0.4) is 0 Å². The Morgan fingerprint density at radius 1 is 1.00 bits per heavy atom. The average molecular weight is 288 g/mol. The third-order valence-electron chi connectivity index (χ3n) is 3.87. The van der Waals surface area contributed by atoms with Gasteiger partial charge in [-0.1, -0.05) is 35.9 Å². The van der Waals surface area contributed by atoms with E-state index in [0.717, 1.165) is 30.0 Å². The molecule has 4 rings (SSSR count). The van der Waals surface area contributed by atoms with Gasteiger partial charge >= 0.3 is 0 Å². The standard InChI is InChI=1S/C16H14ClNO2/c17-13-7-15-16(20-9-19-15)8-14(13)18-12-5-10-3-1-2-4-11(10)6-12/h1-4,7-8,12,18H,5-6,9H2. The van der Waals surface area contributed by atoms with E-state index in [9.17, 15) is 0 Å². The highest BCUT2D eigenvalue weighted by Gasteiger charge is 2.23. The van der Waals surface area contributed by atoms with E-state index in [1.807, 2.05) is 12.1 Å². The highest BCUT2D eigenvalue weighted by Crippen LogP contribution is 2.40. The monoisotopic (exact) mass is 287 g/mol. The number of fused-ring (bicyclic) bond motifs is 2. The molecule has 0 unspecified atom stereocenters. The van der Waals surface area contributed by atoms with Crippen molar-refractivity contribution >= 4 is 17.3 Å². The van der Waals surface area contributed by atoms with Crippen molar-refractivity contribution in [3.8, 4) is 11.5 Å². The Labute approximate surface area is 122 Å². The maximum atomic E-state index is 6.30. The second kappa shape index (κ2) is 4.60. The van der Waals surface area contributed by atoms with Crippen LogP contribution in [0, 0.1) is 0 Å². The molecule has 0 atom stereocenters. The summed E-state index contributed by atoms with van der Waals surface area (Å²) in [6.07, 6.45) is 2.06. The summed E-state index contributed by atoms with van der Waals surface area (Å²) in [6.45, 7) is 0.268. The largest absolute Gasteiger partial charge is 0.454 e. The molecule has 4 heteroatoms. The van der Waals surface area contributed by atoms with Crippen LogP contribution in [-0.2, 0) is 12.8 Å². The van der Waals surface area contributed by atoms with E-state index in [4.69, 9.17) is 21.1 Å². The predicted octanol–water partition coefficient (Wildman–Crippen LogP) is 3.65. The van der Waals surface area contributed by atoms with Crippen LogP contribution in [0.5, 0.6) is 11.5 Å². The zero-order valence-corrected chi connectivity index (χ0v) is 11.6. The highest BCUT2D eigenvalue weighted by atomic mass is 35.5. The van der Waals surface area contributed by atoms with Crippen LogP contribution in [0.2, 0.25) is 5.02 Å². The molecule has 1 N–H and O–H groups in total. The van der Waals surface area contributed by atoms with Gasteiger partial charge in [-0.05, 0) is 24.0 Å². The van der Waals surface area contributed by atoms with Gasteiger partial charge in [-0.3, -0.25) is 0 Å². The minimum atomic E-state index is 0.268. The normalized spacial score (nSPS) is 16.2. The van der Waals surface area contributed by atoms with Crippen molar-refractivity contribution in [3.63, 3.8) is 0 Å². The molecule has 1 aliphatic carbocycles. The molecule has 2 aromatic carbocycles. The molecule has 3 nitrogen and oxygen atoms in total. The Bertz CT molecular complexity index is 647. The van der Waals surface area contributed by atoms with E-state index in [2.05, 4.69) is 29.6 Å². The number of ether oxygens (including phenoxy) is 2. The van der Waals surface area contributed by atoms with E-state index in [1.165, 1.54) is 11.1 Å². The summed E-state index contributed by atoms with van der Waals surface area (Å²) in [7, 11) is 0. The lowest BCUT2D eigenvalue weighted by Gasteiger charge is -2.15. The molecule has 0 fully saturated rings. The van der Waals surface area contributed by atoms with Gasteiger partial charge in [0.05, 0.1) is 10.7 Å². The van der Waals surface area contributed by atoms with Crippen molar-refractivity contribution in [3.05, 3.63) is 52.5 Å². The second-order valence-corrected chi connectivity index (χ2v) is 5.61. The Kier molecular flexibility index (Phi) is 2.74. The van der Waals surface area contributed by atoms with Crippen LogP contribution < -0.4 is 14.8 Å². The van der Waals surface area contributed by atoms with Crippen molar-refractivity contribution in [1.82, 2.24) is 0 Å². The number of halogens is 1. The summed E-state index contributed by atoms with van der Waals surface area (Å²) < 4.78 is 10.7. The van der Waals surface area contributed by atoms with Crippen molar-refractivity contribution in [2.75, 3.05) is 12.1 Å². The van der Waals surface area contributed by atoms with E-state index < -0.39 is 0 Å². The maximum absolute atomic E-state index is 6.30. The minimum absolute atomic E-state index is 0.268.